The van der Waals surface area contributed by atoms with Crippen molar-refractivity contribution in [2.45, 2.75) is 10.8 Å². The summed E-state index contributed by atoms with van der Waals surface area (Å²) in [5.41, 5.74) is 0.595. The Kier molecular flexibility index (Phi) is 2.78. The number of rotatable bonds is 2. The summed E-state index contributed by atoms with van der Waals surface area (Å²) >= 11 is 0. The van der Waals surface area contributed by atoms with Gasteiger partial charge in [0.15, 0.2) is 0 Å². The molecule has 1 fully saturated rings. The molecule has 5 heteroatoms. The molecule has 0 bridgehead atoms. The first-order valence-electron chi connectivity index (χ1n) is 4.63. The molecule has 0 spiro atoms. The van der Waals surface area contributed by atoms with E-state index in [1.807, 2.05) is 0 Å². The molecule has 1 atom stereocenters. The lowest BCUT2D eigenvalue weighted by Crippen LogP contribution is -2.56. The van der Waals surface area contributed by atoms with E-state index in [0.29, 0.717) is 10.5 Å². The summed E-state index contributed by atoms with van der Waals surface area (Å²) in [4.78, 5) is 0.464. The highest BCUT2D eigenvalue weighted by Crippen LogP contribution is 2.30. The monoisotopic (exact) mass is 241 g/mol. The van der Waals surface area contributed by atoms with Gasteiger partial charge < -0.3 is 0 Å². The molecule has 1 aliphatic heterocycles. The van der Waals surface area contributed by atoms with E-state index in [-0.39, 0.29) is 0 Å². The highest BCUT2D eigenvalue weighted by atomic mass is 32.2. The van der Waals surface area contributed by atoms with E-state index in [2.05, 4.69) is 5.92 Å². The molecule has 1 saturated heterocycles. The molecule has 84 valence electrons. The van der Waals surface area contributed by atoms with Gasteiger partial charge in [0.25, 0.3) is 5.92 Å². The average Bonchev–Trinajstić information content (AvgIpc) is 2.25. The molecular weight excluding hydrogens is 232 g/mol. The van der Waals surface area contributed by atoms with Crippen LogP contribution in [0.5, 0.6) is 0 Å². The zero-order valence-corrected chi connectivity index (χ0v) is 9.14. The Morgan fingerprint density at radius 3 is 2.69 bits per heavy atom. The van der Waals surface area contributed by atoms with Crippen LogP contribution in [0, 0.1) is 12.3 Å². The second kappa shape index (κ2) is 3.96. The number of halogens is 2. The number of hydrogen-bond acceptors (Lipinski definition) is 1. The molecule has 1 aromatic carbocycles. The van der Waals surface area contributed by atoms with Gasteiger partial charge in [0.1, 0.15) is 11.0 Å². The van der Waals surface area contributed by atoms with Gasteiger partial charge in [-0.25, -0.2) is 17.3 Å². The third-order valence-corrected chi connectivity index (χ3v) is 3.64. The fourth-order valence-electron chi connectivity index (χ4n) is 1.43. The maximum absolute atomic E-state index is 12.6. The van der Waals surface area contributed by atoms with E-state index in [1.54, 1.807) is 24.3 Å². The Morgan fingerprint density at radius 1 is 1.44 bits per heavy atom. The summed E-state index contributed by atoms with van der Waals surface area (Å²) < 4.78 is 38.2. The van der Waals surface area contributed by atoms with E-state index in [1.165, 1.54) is 4.31 Å². The molecule has 1 heterocycles. The lowest BCUT2D eigenvalue weighted by Gasteiger charge is -2.37. The maximum Gasteiger partial charge on any atom is 0.275 e. The van der Waals surface area contributed by atoms with Crippen molar-refractivity contribution in [1.29, 1.82) is 0 Å². The van der Waals surface area contributed by atoms with E-state index >= 15 is 0 Å². The molecule has 0 aliphatic carbocycles. The van der Waals surface area contributed by atoms with Crippen LogP contribution in [0.15, 0.2) is 29.2 Å². The zero-order chi connectivity index (χ0) is 11.8. The lowest BCUT2D eigenvalue weighted by molar-refractivity contribution is -0.0926. The molecule has 0 radical (unpaired) electrons. The van der Waals surface area contributed by atoms with Gasteiger partial charge in [0.05, 0.1) is 18.0 Å². The smallest absolute Gasteiger partial charge is 0.237 e. The normalized spacial score (nSPS) is 20.8. The predicted octanol–water partition coefficient (Wildman–Crippen LogP) is 1.64. The van der Waals surface area contributed by atoms with Crippen molar-refractivity contribution < 1.29 is 13.0 Å². The van der Waals surface area contributed by atoms with Crippen molar-refractivity contribution in [3.63, 3.8) is 0 Å². The van der Waals surface area contributed by atoms with Crippen LogP contribution in [0.4, 0.5) is 8.78 Å². The lowest BCUT2D eigenvalue weighted by atomic mass is 10.2. The molecule has 0 amide bonds. The molecule has 0 saturated carbocycles. The minimum Gasteiger partial charge on any atom is -0.237 e. The van der Waals surface area contributed by atoms with Crippen LogP contribution in [0.1, 0.15) is 5.56 Å². The van der Waals surface area contributed by atoms with Crippen molar-refractivity contribution in [2.24, 2.45) is 0 Å². The van der Waals surface area contributed by atoms with Crippen LogP contribution in [0.2, 0.25) is 0 Å². The summed E-state index contributed by atoms with van der Waals surface area (Å²) in [5.74, 6) is -0.297. The van der Waals surface area contributed by atoms with Crippen LogP contribution in [-0.4, -0.2) is 27.5 Å². The van der Waals surface area contributed by atoms with E-state index in [4.69, 9.17) is 6.42 Å². The number of alkyl halides is 2. The molecule has 1 aromatic rings. The topological polar surface area (TPSA) is 20.3 Å². The largest absolute Gasteiger partial charge is 0.275 e. The summed E-state index contributed by atoms with van der Waals surface area (Å²) in [7, 11) is -1.54. The number of hydrogen-bond donors (Lipinski definition) is 0. The van der Waals surface area contributed by atoms with Crippen LogP contribution in [0.3, 0.4) is 0 Å². The minimum absolute atomic E-state index is 0.458. The summed E-state index contributed by atoms with van der Waals surface area (Å²) in [6.07, 6.45) is 5.20. The molecule has 2 nitrogen and oxygen atoms in total. The van der Waals surface area contributed by atoms with Crippen LogP contribution >= 0.6 is 0 Å². The Morgan fingerprint density at radius 2 is 2.12 bits per heavy atom. The van der Waals surface area contributed by atoms with E-state index < -0.39 is 30.0 Å². The SMILES string of the molecule is C#Cc1cccc(S(=O)N2CC(F)(F)C2)c1. The summed E-state index contributed by atoms with van der Waals surface area (Å²) in [6.45, 7) is -0.917. The minimum atomic E-state index is -2.71. The third kappa shape index (κ3) is 2.13. The molecule has 1 unspecified atom stereocenters. The second-order valence-corrected chi connectivity index (χ2v) is 5.06. The molecule has 16 heavy (non-hydrogen) atoms. The predicted molar refractivity (Wildman–Crippen MR) is 57.3 cm³/mol. The van der Waals surface area contributed by atoms with Crippen molar-refractivity contribution >= 4 is 11.0 Å². The number of nitrogens with zero attached hydrogens (tertiary/aromatic N) is 1. The maximum atomic E-state index is 12.6. The highest BCUT2D eigenvalue weighted by Gasteiger charge is 2.46. The fourth-order valence-corrected chi connectivity index (χ4v) is 2.76. The summed E-state index contributed by atoms with van der Waals surface area (Å²) in [6, 6.07) is 6.56. The van der Waals surface area contributed by atoms with Crippen molar-refractivity contribution in [3.8, 4) is 12.3 Å². The van der Waals surface area contributed by atoms with Gasteiger partial charge in [0, 0.05) is 5.56 Å². The Bertz CT molecular complexity index is 473. The van der Waals surface area contributed by atoms with Crippen molar-refractivity contribution in [2.75, 3.05) is 13.1 Å². The average molecular weight is 241 g/mol. The standard InChI is InChI=1S/C11H9F2NOS/c1-2-9-4-3-5-10(6-9)16(15)14-7-11(12,13)8-14/h1,3-6H,7-8H2. The quantitative estimate of drug-likeness (QED) is 0.721. The van der Waals surface area contributed by atoms with Gasteiger partial charge >= 0.3 is 0 Å². The first-order chi connectivity index (χ1) is 7.52. The van der Waals surface area contributed by atoms with Crippen LogP contribution in [0.25, 0.3) is 0 Å². The van der Waals surface area contributed by atoms with E-state index in [0.717, 1.165) is 0 Å². The Hall–Kier alpha value is -1.25. The van der Waals surface area contributed by atoms with Gasteiger partial charge in [0.2, 0.25) is 0 Å². The van der Waals surface area contributed by atoms with Gasteiger partial charge in [-0.3, -0.25) is 0 Å². The third-order valence-electron chi connectivity index (χ3n) is 2.25. The summed E-state index contributed by atoms with van der Waals surface area (Å²) in [5, 5.41) is 0. The van der Waals surface area contributed by atoms with Crippen LogP contribution < -0.4 is 0 Å². The van der Waals surface area contributed by atoms with Gasteiger partial charge in [-0.15, -0.1) is 6.42 Å². The van der Waals surface area contributed by atoms with E-state index in [9.17, 15) is 13.0 Å². The molecular formula is C11H9F2NOS. The Labute approximate surface area is 94.9 Å². The fraction of sp³-hybridized carbons (Fsp3) is 0.273. The van der Waals surface area contributed by atoms with Crippen molar-refractivity contribution in [1.82, 2.24) is 4.31 Å². The Balaban J connectivity index is 2.14. The first kappa shape index (κ1) is 11.2. The zero-order valence-electron chi connectivity index (χ0n) is 8.32. The van der Waals surface area contributed by atoms with Gasteiger partial charge in [-0.05, 0) is 18.2 Å². The second-order valence-electron chi connectivity index (χ2n) is 3.58. The van der Waals surface area contributed by atoms with Crippen LogP contribution in [-0.2, 0) is 11.0 Å². The number of benzene rings is 1. The molecule has 1 aliphatic rings. The van der Waals surface area contributed by atoms with Gasteiger partial charge in [-0.2, -0.15) is 0 Å². The van der Waals surface area contributed by atoms with Gasteiger partial charge in [-0.1, -0.05) is 12.0 Å². The first-order valence-corrected chi connectivity index (χ1v) is 5.74. The molecule has 0 aromatic heterocycles. The highest BCUT2D eigenvalue weighted by molar-refractivity contribution is 7.82. The molecule has 2 rings (SSSR count). The molecule has 0 N–H and O–H groups in total. The number of terminal acetylenes is 1. The van der Waals surface area contributed by atoms with Crippen molar-refractivity contribution in [3.05, 3.63) is 29.8 Å².